The molecular formula is C13H18N4O. The first kappa shape index (κ1) is 11.5. The maximum absolute atomic E-state index is 5.19. The van der Waals surface area contributed by atoms with Crippen LogP contribution < -0.4 is 5.32 Å². The van der Waals surface area contributed by atoms with Crippen molar-refractivity contribution in [3.05, 3.63) is 35.2 Å². The maximum atomic E-state index is 5.19. The Morgan fingerprint density at radius 1 is 1.44 bits per heavy atom. The fourth-order valence-electron chi connectivity index (χ4n) is 2.07. The van der Waals surface area contributed by atoms with Crippen molar-refractivity contribution in [2.24, 2.45) is 0 Å². The number of aromatic nitrogens is 3. The second-order valence-corrected chi connectivity index (χ2v) is 4.93. The van der Waals surface area contributed by atoms with Crippen LogP contribution in [0.4, 0.5) is 0 Å². The van der Waals surface area contributed by atoms with Gasteiger partial charge in [-0.3, -0.25) is 0 Å². The molecule has 0 atom stereocenters. The van der Waals surface area contributed by atoms with Gasteiger partial charge in [0.05, 0.1) is 18.8 Å². The number of aryl methyl sites for hydroxylation is 2. The van der Waals surface area contributed by atoms with Crippen molar-refractivity contribution < 1.29 is 4.52 Å². The third kappa shape index (κ3) is 2.31. The lowest BCUT2D eigenvalue weighted by Crippen LogP contribution is -2.19. The van der Waals surface area contributed by atoms with Gasteiger partial charge in [0.1, 0.15) is 11.6 Å². The second kappa shape index (κ2) is 4.57. The van der Waals surface area contributed by atoms with Gasteiger partial charge < -0.3 is 14.4 Å². The summed E-state index contributed by atoms with van der Waals surface area (Å²) in [5, 5.41) is 7.47. The first-order valence-electron chi connectivity index (χ1n) is 6.39. The minimum atomic E-state index is 0.703. The molecule has 1 saturated carbocycles. The molecule has 1 aliphatic carbocycles. The van der Waals surface area contributed by atoms with Crippen LogP contribution in [-0.4, -0.2) is 20.7 Å². The van der Waals surface area contributed by atoms with Gasteiger partial charge in [-0.25, -0.2) is 4.98 Å². The molecule has 96 valence electrons. The number of nitrogens with one attached hydrogen (secondary N) is 1. The Hall–Kier alpha value is -1.62. The molecule has 2 heterocycles. The molecule has 18 heavy (non-hydrogen) atoms. The van der Waals surface area contributed by atoms with Crippen molar-refractivity contribution in [1.29, 1.82) is 0 Å². The normalized spacial score (nSPS) is 15.2. The van der Waals surface area contributed by atoms with E-state index < -0.39 is 0 Å². The van der Waals surface area contributed by atoms with E-state index in [-0.39, 0.29) is 0 Å². The predicted octanol–water partition coefficient (Wildman–Crippen LogP) is 1.79. The summed E-state index contributed by atoms with van der Waals surface area (Å²) in [7, 11) is 0. The van der Waals surface area contributed by atoms with Gasteiger partial charge >= 0.3 is 0 Å². The summed E-state index contributed by atoms with van der Waals surface area (Å²) in [6.45, 7) is 5.54. The molecule has 2 aromatic heterocycles. The lowest BCUT2D eigenvalue weighted by Gasteiger charge is -2.08. The molecule has 0 aliphatic heterocycles. The number of rotatable bonds is 5. The third-order valence-corrected chi connectivity index (χ3v) is 3.44. The minimum absolute atomic E-state index is 0.703. The molecule has 3 rings (SSSR count). The van der Waals surface area contributed by atoms with Crippen LogP contribution in [-0.2, 0) is 13.1 Å². The molecule has 0 aromatic carbocycles. The molecular weight excluding hydrogens is 228 g/mol. The van der Waals surface area contributed by atoms with Gasteiger partial charge in [0.15, 0.2) is 0 Å². The van der Waals surface area contributed by atoms with Gasteiger partial charge in [-0.2, -0.15) is 0 Å². The third-order valence-electron chi connectivity index (χ3n) is 3.44. The minimum Gasteiger partial charge on any atom is -0.361 e. The lowest BCUT2D eigenvalue weighted by molar-refractivity contribution is 0.392. The quantitative estimate of drug-likeness (QED) is 0.874. The highest BCUT2D eigenvalue weighted by Crippen LogP contribution is 2.19. The Labute approximate surface area is 106 Å². The molecule has 1 N–H and O–H groups in total. The van der Waals surface area contributed by atoms with Gasteiger partial charge in [0.25, 0.3) is 0 Å². The molecule has 0 radical (unpaired) electrons. The number of nitrogens with zero attached hydrogens (tertiary/aromatic N) is 3. The largest absolute Gasteiger partial charge is 0.361 e. The average Bonchev–Trinajstić information content (AvgIpc) is 3.01. The summed E-state index contributed by atoms with van der Waals surface area (Å²) in [4.78, 5) is 4.41. The van der Waals surface area contributed by atoms with E-state index in [2.05, 4.69) is 20.0 Å². The number of hydrogen-bond acceptors (Lipinski definition) is 4. The van der Waals surface area contributed by atoms with Crippen LogP contribution in [0, 0.1) is 13.8 Å². The van der Waals surface area contributed by atoms with E-state index in [0.29, 0.717) is 6.04 Å². The van der Waals surface area contributed by atoms with Crippen molar-refractivity contribution >= 4 is 0 Å². The van der Waals surface area contributed by atoms with Gasteiger partial charge in [0.2, 0.25) is 0 Å². The fourth-order valence-corrected chi connectivity index (χ4v) is 2.07. The van der Waals surface area contributed by atoms with Crippen LogP contribution in [0.25, 0.3) is 0 Å². The van der Waals surface area contributed by atoms with E-state index in [4.69, 9.17) is 4.52 Å². The summed E-state index contributed by atoms with van der Waals surface area (Å²) in [6, 6.07) is 0.703. The van der Waals surface area contributed by atoms with Crippen molar-refractivity contribution in [2.75, 3.05) is 0 Å². The molecule has 1 fully saturated rings. The summed E-state index contributed by atoms with van der Waals surface area (Å²) >= 11 is 0. The summed E-state index contributed by atoms with van der Waals surface area (Å²) < 4.78 is 7.35. The zero-order valence-corrected chi connectivity index (χ0v) is 10.8. The summed E-state index contributed by atoms with van der Waals surface area (Å²) in [6.07, 6.45) is 6.45. The Morgan fingerprint density at radius 2 is 2.28 bits per heavy atom. The van der Waals surface area contributed by atoms with E-state index >= 15 is 0 Å². The van der Waals surface area contributed by atoms with Crippen LogP contribution in [0.1, 0.15) is 35.7 Å². The molecule has 0 unspecified atom stereocenters. The van der Waals surface area contributed by atoms with Gasteiger partial charge in [0, 0.05) is 24.0 Å². The maximum Gasteiger partial charge on any atom is 0.138 e. The molecule has 0 amide bonds. The van der Waals surface area contributed by atoms with Crippen molar-refractivity contribution in [3.8, 4) is 0 Å². The van der Waals surface area contributed by atoms with E-state index in [1.54, 1.807) is 0 Å². The fraction of sp³-hybridized carbons (Fsp3) is 0.538. The van der Waals surface area contributed by atoms with E-state index in [1.807, 2.05) is 26.2 Å². The molecule has 0 bridgehead atoms. The lowest BCUT2D eigenvalue weighted by atomic mass is 10.2. The monoisotopic (exact) mass is 246 g/mol. The average molecular weight is 246 g/mol. The summed E-state index contributed by atoms with van der Waals surface area (Å²) in [5.74, 6) is 1.96. The Kier molecular flexibility index (Phi) is 2.91. The highest BCUT2D eigenvalue weighted by molar-refractivity contribution is 5.21. The van der Waals surface area contributed by atoms with Crippen molar-refractivity contribution in [1.82, 2.24) is 20.0 Å². The second-order valence-electron chi connectivity index (χ2n) is 4.93. The zero-order chi connectivity index (χ0) is 12.5. The van der Waals surface area contributed by atoms with E-state index in [1.165, 1.54) is 12.8 Å². The Bertz CT molecular complexity index is 519. The molecule has 5 nitrogen and oxygen atoms in total. The zero-order valence-electron chi connectivity index (χ0n) is 10.8. The van der Waals surface area contributed by atoms with Crippen molar-refractivity contribution in [3.63, 3.8) is 0 Å². The van der Waals surface area contributed by atoms with Crippen molar-refractivity contribution in [2.45, 2.75) is 45.8 Å². The van der Waals surface area contributed by atoms with E-state index in [9.17, 15) is 0 Å². The predicted molar refractivity (Wildman–Crippen MR) is 67.2 cm³/mol. The topological polar surface area (TPSA) is 55.9 Å². The van der Waals surface area contributed by atoms with Gasteiger partial charge in [-0.1, -0.05) is 5.16 Å². The van der Waals surface area contributed by atoms with Gasteiger partial charge in [-0.05, 0) is 26.7 Å². The van der Waals surface area contributed by atoms with E-state index in [0.717, 1.165) is 35.9 Å². The molecule has 1 aliphatic rings. The first-order chi connectivity index (χ1) is 8.74. The highest BCUT2D eigenvalue weighted by Gasteiger charge is 2.21. The molecule has 5 heteroatoms. The SMILES string of the molecule is Cc1noc(C)c1Cn1ccnc1CNC1CC1. The summed E-state index contributed by atoms with van der Waals surface area (Å²) in [5.41, 5.74) is 2.11. The molecule has 0 saturated heterocycles. The van der Waals surface area contributed by atoms with Crippen LogP contribution in [0.5, 0.6) is 0 Å². The molecule has 0 spiro atoms. The Balaban J connectivity index is 1.73. The molecule has 2 aromatic rings. The number of hydrogen-bond donors (Lipinski definition) is 1. The van der Waals surface area contributed by atoms with Crippen LogP contribution in [0.15, 0.2) is 16.9 Å². The van der Waals surface area contributed by atoms with Gasteiger partial charge in [-0.15, -0.1) is 0 Å². The van der Waals surface area contributed by atoms with Crippen LogP contribution in [0.2, 0.25) is 0 Å². The first-order valence-corrected chi connectivity index (χ1v) is 6.39. The highest BCUT2D eigenvalue weighted by atomic mass is 16.5. The smallest absolute Gasteiger partial charge is 0.138 e. The number of imidazole rings is 1. The van der Waals surface area contributed by atoms with Crippen LogP contribution in [0.3, 0.4) is 0 Å². The Morgan fingerprint density at radius 3 is 2.94 bits per heavy atom. The van der Waals surface area contributed by atoms with Crippen LogP contribution >= 0.6 is 0 Å². The standard InChI is InChI=1S/C13H18N4O/c1-9-12(10(2)18-16-9)8-17-6-5-14-13(17)7-15-11-3-4-11/h5-6,11,15H,3-4,7-8H2,1-2H3.